The Balaban J connectivity index is 2.30. The lowest BCUT2D eigenvalue weighted by atomic mass is 9.60. The summed E-state index contributed by atoms with van der Waals surface area (Å²) >= 11 is 5.52. The van der Waals surface area contributed by atoms with Gasteiger partial charge in [-0.05, 0) is 59.8 Å². The van der Waals surface area contributed by atoms with Crippen LogP contribution in [-0.2, 0) is 12.8 Å². The molecule has 2 N–H and O–H groups in total. The first-order valence-electron chi connectivity index (χ1n) is 9.58. The van der Waals surface area contributed by atoms with Gasteiger partial charge in [-0.1, -0.05) is 63.3 Å². The SMILES string of the molecule is CC(C)C(CCO)C(C)(CCc1cnc[nH]1)C(C=S)Cc1ccccc1. The minimum atomic E-state index is 0.0135. The highest BCUT2D eigenvalue weighted by Crippen LogP contribution is 2.46. The van der Waals surface area contributed by atoms with Gasteiger partial charge in [0.25, 0.3) is 0 Å². The van der Waals surface area contributed by atoms with Crippen LogP contribution in [0.2, 0.25) is 0 Å². The van der Waals surface area contributed by atoms with Crippen LogP contribution in [0.3, 0.4) is 0 Å². The quantitative estimate of drug-likeness (QED) is 0.554. The van der Waals surface area contributed by atoms with Gasteiger partial charge in [0.15, 0.2) is 0 Å². The fourth-order valence-corrected chi connectivity index (χ4v) is 4.75. The number of thiocarbonyl (C=S) groups is 1. The van der Waals surface area contributed by atoms with Crippen LogP contribution in [0.25, 0.3) is 0 Å². The number of hydrogen-bond acceptors (Lipinski definition) is 3. The van der Waals surface area contributed by atoms with E-state index in [-0.39, 0.29) is 17.9 Å². The molecule has 0 aliphatic rings. The fraction of sp³-hybridized carbons (Fsp3) is 0.545. The van der Waals surface area contributed by atoms with E-state index >= 15 is 0 Å². The molecule has 2 aromatic rings. The van der Waals surface area contributed by atoms with Crippen molar-refractivity contribution in [1.29, 1.82) is 0 Å². The molecule has 1 aromatic carbocycles. The van der Waals surface area contributed by atoms with Crippen LogP contribution in [-0.4, -0.2) is 27.0 Å². The van der Waals surface area contributed by atoms with E-state index in [1.807, 2.05) is 11.6 Å². The summed E-state index contributed by atoms with van der Waals surface area (Å²) < 4.78 is 0. The standard InChI is InChI=1S/C22H32N2OS/c1-17(2)21(10-12-25)22(3,11-9-20-14-23-16-24-20)19(15-26)13-18-7-5-4-6-8-18/h4-8,14-17,19,21,25H,9-13H2,1-3H3,(H,23,24). The Morgan fingerprint density at radius 1 is 1.27 bits per heavy atom. The zero-order chi connectivity index (χ0) is 19.0. The Labute approximate surface area is 163 Å². The van der Waals surface area contributed by atoms with E-state index in [0.29, 0.717) is 11.8 Å². The average Bonchev–Trinajstić information content (AvgIpc) is 3.16. The predicted octanol–water partition coefficient (Wildman–Crippen LogP) is 4.86. The summed E-state index contributed by atoms with van der Waals surface area (Å²) in [4.78, 5) is 7.37. The van der Waals surface area contributed by atoms with Crippen LogP contribution >= 0.6 is 12.2 Å². The molecule has 3 unspecified atom stereocenters. The first-order valence-corrected chi connectivity index (χ1v) is 10.1. The molecule has 2 rings (SSSR count). The number of rotatable bonds is 11. The number of H-pyrrole nitrogens is 1. The molecule has 0 spiro atoms. The Bertz CT molecular complexity index is 641. The summed E-state index contributed by atoms with van der Waals surface area (Å²) in [6.45, 7) is 7.10. The van der Waals surface area contributed by atoms with Gasteiger partial charge in [-0.2, -0.15) is 0 Å². The van der Waals surface area contributed by atoms with Crippen molar-refractivity contribution in [2.45, 2.75) is 46.5 Å². The van der Waals surface area contributed by atoms with Crippen LogP contribution in [0.4, 0.5) is 0 Å². The summed E-state index contributed by atoms with van der Waals surface area (Å²) in [5.41, 5.74) is 2.49. The van der Waals surface area contributed by atoms with Gasteiger partial charge in [-0.3, -0.25) is 0 Å². The molecule has 3 nitrogen and oxygen atoms in total. The van der Waals surface area contributed by atoms with Crippen LogP contribution < -0.4 is 0 Å². The van der Waals surface area contributed by atoms with Gasteiger partial charge in [0, 0.05) is 18.5 Å². The highest BCUT2D eigenvalue weighted by molar-refractivity contribution is 7.79. The molecule has 0 aliphatic carbocycles. The molecule has 0 bridgehead atoms. The van der Waals surface area contributed by atoms with Gasteiger partial charge < -0.3 is 10.1 Å². The van der Waals surface area contributed by atoms with E-state index < -0.39 is 0 Å². The summed E-state index contributed by atoms with van der Waals surface area (Å²) in [6, 6.07) is 10.6. The average molecular weight is 373 g/mol. The molecule has 0 amide bonds. The van der Waals surface area contributed by atoms with E-state index in [4.69, 9.17) is 12.2 Å². The third kappa shape index (κ3) is 5.24. The molecular formula is C22H32N2OS. The lowest BCUT2D eigenvalue weighted by molar-refractivity contribution is 0.0592. The van der Waals surface area contributed by atoms with Crippen molar-refractivity contribution in [3.63, 3.8) is 0 Å². The smallest absolute Gasteiger partial charge is 0.0921 e. The minimum Gasteiger partial charge on any atom is -0.396 e. The lowest BCUT2D eigenvalue weighted by Crippen LogP contribution is -2.41. The van der Waals surface area contributed by atoms with E-state index in [1.165, 1.54) is 5.56 Å². The number of aromatic amines is 1. The molecule has 0 saturated heterocycles. The monoisotopic (exact) mass is 372 g/mol. The van der Waals surface area contributed by atoms with Crippen molar-refractivity contribution >= 4 is 17.6 Å². The topological polar surface area (TPSA) is 48.9 Å². The number of nitrogens with one attached hydrogen (secondary N) is 1. The van der Waals surface area contributed by atoms with Crippen molar-refractivity contribution in [2.24, 2.45) is 23.2 Å². The Morgan fingerprint density at radius 3 is 2.54 bits per heavy atom. The summed E-state index contributed by atoms with van der Waals surface area (Å²) in [5.74, 6) is 1.17. The third-order valence-electron chi connectivity index (χ3n) is 5.89. The number of imidazole rings is 1. The number of aliphatic hydroxyl groups excluding tert-OH is 1. The number of hydrogen-bond donors (Lipinski definition) is 2. The second kappa shape index (κ2) is 9.98. The molecule has 26 heavy (non-hydrogen) atoms. The van der Waals surface area contributed by atoms with E-state index in [0.717, 1.165) is 31.4 Å². The van der Waals surface area contributed by atoms with Crippen molar-refractivity contribution in [3.8, 4) is 0 Å². The largest absolute Gasteiger partial charge is 0.396 e. The minimum absolute atomic E-state index is 0.0135. The zero-order valence-electron chi connectivity index (χ0n) is 16.2. The first kappa shape index (κ1) is 20.8. The Hall–Kier alpha value is -1.52. The number of aliphatic hydroxyl groups is 1. The second-order valence-corrected chi connectivity index (χ2v) is 8.15. The maximum Gasteiger partial charge on any atom is 0.0921 e. The van der Waals surface area contributed by atoms with Gasteiger partial charge in [-0.25, -0.2) is 4.98 Å². The van der Waals surface area contributed by atoms with Crippen LogP contribution in [0, 0.1) is 23.2 Å². The number of benzene rings is 1. The fourth-order valence-electron chi connectivity index (χ4n) is 4.34. The molecular weight excluding hydrogens is 340 g/mol. The van der Waals surface area contributed by atoms with Gasteiger partial charge in [0.1, 0.15) is 0 Å². The summed E-state index contributed by atoms with van der Waals surface area (Å²) in [6.07, 6.45) is 7.35. The highest BCUT2D eigenvalue weighted by Gasteiger charge is 2.41. The molecule has 0 aliphatic heterocycles. The summed E-state index contributed by atoms with van der Waals surface area (Å²) in [7, 11) is 0. The van der Waals surface area contributed by atoms with Crippen molar-refractivity contribution in [1.82, 2.24) is 9.97 Å². The van der Waals surface area contributed by atoms with Gasteiger partial charge in [0.2, 0.25) is 0 Å². The van der Waals surface area contributed by atoms with Gasteiger partial charge in [0.05, 0.1) is 6.33 Å². The van der Waals surface area contributed by atoms with Crippen molar-refractivity contribution in [2.75, 3.05) is 6.61 Å². The zero-order valence-corrected chi connectivity index (χ0v) is 17.0. The highest BCUT2D eigenvalue weighted by atomic mass is 32.1. The maximum atomic E-state index is 9.69. The Kier molecular flexibility index (Phi) is 7.98. The lowest BCUT2D eigenvalue weighted by Gasteiger charge is -2.45. The second-order valence-electron chi connectivity index (χ2n) is 7.88. The molecule has 1 heterocycles. The number of nitrogens with zero attached hydrogens (tertiary/aromatic N) is 1. The van der Waals surface area contributed by atoms with Gasteiger partial charge in [-0.15, -0.1) is 0 Å². The molecule has 1 aromatic heterocycles. The molecule has 0 saturated carbocycles. The number of aromatic nitrogens is 2. The normalized spacial score (nSPS) is 16.2. The molecule has 142 valence electrons. The molecule has 0 radical (unpaired) electrons. The van der Waals surface area contributed by atoms with Crippen LogP contribution in [0.1, 0.15) is 44.9 Å². The summed E-state index contributed by atoms with van der Waals surface area (Å²) in [5, 5.41) is 11.7. The van der Waals surface area contributed by atoms with Crippen molar-refractivity contribution < 1.29 is 5.11 Å². The maximum absolute atomic E-state index is 9.69. The van der Waals surface area contributed by atoms with Crippen LogP contribution in [0.5, 0.6) is 0 Å². The third-order valence-corrected chi connectivity index (χ3v) is 6.22. The Morgan fingerprint density at radius 2 is 2.00 bits per heavy atom. The first-order chi connectivity index (χ1) is 12.5. The van der Waals surface area contributed by atoms with E-state index in [1.54, 1.807) is 6.33 Å². The molecule has 4 heteroatoms. The predicted molar refractivity (Wildman–Crippen MR) is 112 cm³/mol. The molecule has 3 atom stereocenters. The van der Waals surface area contributed by atoms with Crippen molar-refractivity contribution in [3.05, 3.63) is 54.1 Å². The molecule has 0 fully saturated rings. The van der Waals surface area contributed by atoms with Crippen LogP contribution in [0.15, 0.2) is 42.9 Å². The van der Waals surface area contributed by atoms with E-state index in [2.05, 4.69) is 61.1 Å². The van der Waals surface area contributed by atoms with E-state index in [9.17, 15) is 5.11 Å². The van der Waals surface area contributed by atoms with Gasteiger partial charge >= 0.3 is 0 Å². The number of aryl methyl sites for hydroxylation is 1.